The van der Waals surface area contributed by atoms with Gasteiger partial charge >= 0.3 is 0 Å². The SMILES string of the molecule is O=C(NNC(=O)C1COc2ccccc2O1)c1cncn1-c1ccccc1. The summed E-state index contributed by atoms with van der Waals surface area (Å²) in [5.74, 6) is 0.0557. The average Bonchev–Trinajstić information content (AvgIpc) is 3.22. The van der Waals surface area contributed by atoms with Crippen molar-refractivity contribution in [2.24, 2.45) is 0 Å². The van der Waals surface area contributed by atoms with Gasteiger partial charge in [-0.15, -0.1) is 0 Å². The van der Waals surface area contributed by atoms with Crippen molar-refractivity contribution in [1.82, 2.24) is 20.4 Å². The van der Waals surface area contributed by atoms with Crippen molar-refractivity contribution in [3.05, 3.63) is 72.8 Å². The van der Waals surface area contributed by atoms with E-state index in [0.29, 0.717) is 11.5 Å². The molecule has 1 aromatic heterocycles. The average molecular weight is 364 g/mol. The van der Waals surface area contributed by atoms with Crippen LogP contribution >= 0.6 is 0 Å². The molecule has 1 aliphatic rings. The predicted octanol–water partition coefficient (Wildman–Crippen LogP) is 1.47. The van der Waals surface area contributed by atoms with E-state index in [1.807, 2.05) is 36.4 Å². The van der Waals surface area contributed by atoms with Crippen LogP contribution in [-0.2, 0) is 4.79 Å². The second-order valence-corrected chi connectivity index (χ2v) is 5.79. The molecule has 2 heterocycles. The fourth-order valence-electron chi connectivity index (χ4n) is 2.67. The lowest BCUT2D eigenvalue weighted by molar-refractivity contribution is -0.131. The minimum atomic E-state index is -0.862. The molecule has 4 rings (SSSR count). The van der Waals surface area contributed by atoms with Crippen molar-refractivity contribution >= 4 is 11.8 Å². The Hall–Kier alpha value is -3.81. The molecule has 8 nitrogen and oxygen atoms in total. The van der Waals surface area contributed by atoms with E-state index in [2.05, 4.69) is 15.8 Å². The molecule has 0 saturated carbocycles. The predicted molar refractivity (Wildman–Crippen MR) is 95.5 cm³/mol. The number of rotatable bonds is 3. The van der Waals surface area contributed by atoms with Gasteiger partial charge in [-0.05, 0) is 24.3 Å². The molecule has 2 amide bonds. The van der Waals surface area contributed by atoms with E-state index in [1.54, 1.807) is 22.8 Å². The number of hydrogen-bond donors (Lipinski definition) is 2. The van der Waals surface area contributed by atoms with Gasteiger partial charge in [-0.1, -0.05) is 30.3 Å². The first-order valence-electron chi connectivity index (χ1n) is 8.29. The molecule has 2 N–H and O–H groups in total. The number of ether oxygens (including phenoxy) is 2. The summed E-state index contributed by atoms with van der Waals surface area (Å²) in [6, 6.07) is 16.4. The Labute approximate surface area is 154 Å². The number of imidazole rings is 1. The number of carbonyl (C=O) groups is 2. The largest absolute Gasteiger partial charge is 0.485 e. The first-order valence-corrected chi connectivity index (χ1v) is 8.29. The lowest BCUT2D eigenvalue weighted by Crippen LogP contribution is -2.51. The van der Waals surface area contributed by atoms with E-state index in [4.69, 9.17) is 9.47 Å². The van der Waals surface area contributed by atoms with E-state index in [0.717, 1.165) is 5.69 Å². The zero-order chi connectivity index (χ0) is 18.6. The number of nitrogens with one attached hydrogen (secondary N) is 2. The highest BCUT2D eigenvalue weighted by Gasteiger charge is 2.27. The number of nitrogens with zero attached hydrogens (tertiary/aromatic N) is 2. The van der Waals surface area contributed by atoms with Crippen LogP contribution in [0, 0.1) is 0 Å². The molecular weight excluding hydrogens is 348 g/mol. The Bertz CT molecular complexity index is 971. The summed E-state index contributed by atoms with van der Waals surface area (Å²) in [5.41, 5.74) is 5.82. The van der Waals surface area contributed by atoms with Gasteiger partial charge in [-0.2, -0.15) is 0 Å². The van der Waals surface area contributed by atoms with Crippen LogP contribution in [0.4, 0.5) is 0 Å². The molecule has 2 aromatic carbocycles. The molecule has 0 fully saturated rings. The van der Waals surface area contributed by atoms with Crippen LogP contribution in [-0.4, -0.2) is 34.1 Å². The summed E-state index contributed by atoms with van der Waals surface area (Å²) in [7, 11) is 0. The summed E-state index contributed by atoms with van der Waals surface area (Å²) in [6.45, 7) is 0.0562. The molecular formula is C19H16N4O4. The second kappa shape index (κ2) is 7.20. The number of para-hydroxylation sites is 3. The van der Waals surface area contributed by atoms with E-state index < -0.39 is 17.9 Å². The third kappa shape index (κ3) is 3.45. The monoisotopic (exact) mass is 364 g/mol. The maximum Gasteiger partial charge on any atom is 0.288 e. The van der Waals surface area contributed by atoms with Crippen LogP contribution in [0.1, 0.15) is 10.5 Å². The topological polar surface area (TPSA) is 94.5 Å². The fraction of sp³-hybridized carbons (Fsp3) is 0.105. The van der Waals surface area contributed by atoms with Gasteiger partial charge < -0.3 is 9.47 Å². The van der Waals surface area contributed by atoms with Crippen molar-refractivity contribution in [2.75, 3.05) is 6.61 Å². The van der Waals surface area contributed by atoms with Crippen LogP contribution in [0.25, 0.3) is 5.69 Å². The Balaban J connectivity index is 1.39. The van der Waals surface area contributed by atoms with Crippen LogP contribution < -0.4 is 20.3 Å². The molecule has 0 saturated heterocycles. The fourth-order valence-corrected chi connectivity index (χ4v) is 2.67. The number of amides is 2. The molecule has 8 heteroatoms. The number of benzene rings is 2. The van der Waals surface area contributed by atoms with Crippen molar-refractivity contribution < 1.29 is 19.1 Å². The van der Waals surface area contributed by atoms with Gasteiger partial charge in [0, 0.05) is 5.69 Å². The summed E-state index contributed by atoms with van der Waals surface area (Å²) in [6.07, 6.45) is 2.09. The van der Waals surface area contributed by atoms with E-state index in [9.17, 15) is 9.59 Å². The Morgan fingerprint density at radius 2 is 1.74 bits per heavy atom. The lowest BCUT2D eigenvalue weighted by Gasteiger charge is -2.25. The lowest BCUT2D eigenvalue weighted by atomic mass is 10.2. The Morgan fingerprint density at radius 3 is 2.56 bits per heavy atom. The summed E-state index contributed by atoms with van der Waals surface area (Å²) >= 11 is 0. The molecule has 136 valence electrons. The number of carbonyl (C=O) groups excluding carboxylic acids is 2. The van der Waals surface area contributed by atoms with E-state index in [-0.39, 0.29) is 12.3 Å². The van der Waals surface area contributed by atoms with Gasteiger partial charge in [0.1, 0.15) is 12.3 Å². The molecule has 0 spiro atoms. The smallest absolute Gasteiger partial charge is 0.288 e. The highest BCUT2D eigenvalue weighted by Crippen LogP contribution is 2.30. The number of fused-ring (bicyclic) bond motifs is 1. The molecule has 0 bridgehead atoms. The minimum Gasteiger partial charge on any atom is -0.485 e. The van der Waals surface area contributed by atoms with E-state index >= 15 is 0 Å². The number of aromatic nitrogens is 2. The van der Waals surface area contributed by atoms with Crippen LogP contribution in [0.5, 0.6) is 11.5 Å². The maximum absolute atomic E-state index is 12.4. The van der Waals surface area contributed by atoms with Crippen LogP contribution in [0.3, 0.4) is 0 Å². The van der Waals surface area contributed by atoms with Crippen molar-refractivity contribution in [1.29, 1.82) is 0 Å². The van der Waals surface area contributed by atoms with Gasteiger partial charge in [-0.3, -0.25) is 25.0 Å². The van der Waals surface area contributed by atoms with Crippen LogP contribution in [0.15, 0.2) is 67.1 Å². The molecule has 0 aliphatic carbocycles. The summed E-state index contributed by atoms with van der Waals surface area (Å²) < 4.78 is 12.7. The minimum absolute atomic E-state index is 0.0562. The molecule has 1 unspecified atom stereocenters. The molecule has 1 aliphatic heterocycles. The third-order valence-electron chi connectivity index (χ3n) is 4.01. The third-order valence-corrected chi connectivity index (χ3v) is 4.01. The molecule has 0 radical (unpaired) electrons. The number of hydrazine groups is 1. The van der Waals surface area contributed by atoms with Crippen molar-refractivity contribution in [3.63, 3.8) is 0 Å². The molecule has 3 aromatic rings. The molecule has 27 heavy (non-hydrogen) atoms. The highest BCUT2D eigenvalue weighted by molar-refractivity contribution is 5.94. The quantitative estimate of drug-likeness (QED) is 0.687. The van der Waals surface area contributed by atoms with Gasteiger partial charge in [0.25, 0.3) is 11.8 Å². The van der Waals surface area contributed by atoms with Crippen LogP contribution in [0.2, 0.25) is 0 Å². The second-order valence-electron chi connectivity index (χ2n) is 5.79. The van der Waals surface area contributed by atoms with Gasteiger partial charge in [-0.25, -0.2) is 4.98 Å². The first-order chi connectivity index (χ1) is 13.2. The Morgan fingerprint density at radius 1 is 1.00 bits per heavy atom. The van der Waals surface area contributed by atoms with Crippen molar-refractivity contribution in [2.45, 2.75) is 6.10 Å². The standard InChI is InChI=1S/C19H16N4O4/c24-18(14-10-20-12-23(14)13-6-2-1-3-7-13)21-22-19(25)17-11-26-15-8-4-5-9-16(15)27-17/h1-10,12,17H,11H2,(H,21,24)(H,22,25). The first kappa shape index (κ1) is 16.6. The normalized spacial score (nSPS) is 15.0. The Kier molecular flexibility index (Phi) is 4.44. The van der Waals surface area contributed by atoms with Gasteiger partial charge in [0.2, 0.25) is 6.10 Å². The number of hydrogen-bond acceptors (Lipinski definition) is 5. The summed E-state index contributed by atoms with van der Waals surface area (Å²) in [4.78, 5) is 28.7. The van der Waals surface area contributed by atoms with Gasteiger partial charge in [0.05, 0.1) is 12.5 Å². The highest BCUT2D eigenvalue weighted by atomic mass is 16.6. The van der Waals surface area contributed by atoms with Gasteiger partial charge in [0.15, 0.2) is 11.5 Å². The maximum atomic E-state index is 12.4. The zero-order valence-electron chi connectivity index (χ0n) is 14.2. The van der Waals surface area contributed by atoms with Crippen molar-refractivity contribution in [3.8, 4) is 17.2 Å². The zero-order valence-corrected chi connectivity index (χ0v) is 14.2. The van der Waals surface area contributed by atoms with E-state index in [1.165, 1.54) is 12.5 Å². The molecule has 1 atom stereocenters. The summed E-state index contributed by atoms with van der Waals surface area (Å²) in [5, 5.41) is 0.